The Kier molecular flexibility index (Phi) is 11.7. The Labute approximate surface area is 189 Å². The molecule has 28 heavy (non-hydrogen) atoms. The largest absolute Gasteiger partial charge is 0.379 e. The third-order valence-corrected chi connectivity index (χ3v) is 5.43. The molecule has 1 aromatic rings. The summed E-state index contributed by atoms with van der Waals surface area (Å²) in [7, 11) is 3.46. The minimum Gasteiger partial charge on any atom is -0.379 e. The van der Waals surface area contributed by atoms with Crippen molar-refractivity contribution >= 4 is 47.2 Å². The van der Waals surface area contributed by atoms with E-state index < -0.39 is 0 Å². The SMILES string of the molecule is C=CCNC(=NCC(=O)N(C)C)NCC(c1ccc(C)s1)N1CCOCC1.I. The highest BCUT2D eigenvalue weighted by Gasteiger charge is 2.24. The lowest BCUT2D eigenvalue weighted by Gasteiger charge is -2.34. The van der Waals surface area contributed by atoms with Gasteiger partial charge in [0.05, 0.1) is 19.3 Å². The second kappa shape index (κ2) is 13.1. The van der Waals surface area contributed by atoms with Crippen molar-refractivity contribution in [1.29, 1.82) is 0 Å². The van der Waals surface area contributed by atoms with E-state index in [1.54, 1.807) is 25.1 Å². The molecule has 0 bridgehead atoms. The molecule has 1 aliphatic rings. The number of likely N-dealkylation sites (N-methyl/N-ethyl adjacent to an activating group) is 1. The Morgan fingerprint density at radius 2 is 2.11 bits per heavy atom. The first-order chi connectivity index (χ1) is 13.0. The average molecular weight is 521 g/mol. The Morgan fingerprint density at radius 3 is 2.68 bits per heavy atom. The summed E-state index contributed by atoms with van der Waals surface area (Å²) in [6.45, 7) is 10.6. The van der Waals surface area contributed by atoms with Crippen molar-refractivity contribution in [1.82, 2.24) is 20.4 Å². The Hall–Kier alpha value is -1.17. The van der Waals surface area contributed by atoms with Crippen molar-refractivity contribution in [2.45, 2.75) is 13.0 Å². The number of halogens is 1. The number of hydrogen-bond donors (Lipinski definition) is 2. The number of thiophene rings is 1. The van der Waals surface area contributed by atoms with E-state index in [0.717, 1.165) is 26.3 Å². The molecule has 0 aliphatic carbocycles. The van der Waals surface area contributed by atoms with Gasteiger partial charge in [-0.15, -0.1) is 41.9 Å². The standard InChI is InChI=1S/C19H31N5O2S.HI/c1-5-8-20-19(22-14-18(25)23(3)4)21-13-16(17-7-6-15(2)27-17)24-9-11-26-12-10-24;/h5-7,16H,1,8-14H2,2-4H3,(H2,20,21,22);1H. The molecule has 2 rings (SSSR count). The Bertz CT molecular complexity index is 644. The van der Waals surface area contributed by atoms with Gasteiger partial charge in [0, 0.05) is 50.0 Å². The molecule has 1 unspecified atom stereocenters. The number of carbonyl (C=O) groups is 1. The molecule has 0 radical (unpaired) electrons. The molecule has 9 heteroatoms. The molecule has 0 aromatic carbocycles. The number of carbonyl (C=O) groups excluding carboxylic acids is 1. The van der Waals surface area contributed by atoms with E-state index in [-0.39, 0.29) is 42.5 Å². The van der Waals surface area contributed by atoms with Crippen LogP contribution in [0.3, 0.4) is 0 Å². The van der Waals surface area contributed by atoms with Crippen LogP contribution in [0.25, 0.3) is 0 Å². The Balaban J connectivity index is 0.00000392. The van der Waals surface area contributed by atoms with E-state index in [1.807, 2.05) is 11.3 Å². The fourth-order valence-corrected chi connectivity index (χ4v) is 3.77. The summed E-state index contributed by atoms with van der Waals surface area (Å²) in [4.78, 5) is 22.9. The van der Waals surface area contributed by atoms with Crippen LogP contribution in [0.15, 0.2) is 29.8 Å². The first-order valence-electron chi connectivity index (χ1n) is 9.22. The zero-order valence-corrected chi connectivity index (χ0v) is 20.1. The monoisotopic (exact) mass is 521 g/mol. The van der Waals surface area contributed by atoms with Gasteiger partial charge in [0.1, 0.15) is 6.54 Å². The highest BCUT2D eigenvalue weighted by atomic mass is 127. The van der Waals surface area contributed by atoms with Crippen LogP contribution in [0.1, 0.15) is 15.8 Å². The number of aliphatic imine (C=N–C) groups is 1. The number of aryl methyl sites for hydroxylation is 1. The summed E-state index contributed by atoms with van der Waals surface area (Å²) >= 11 is 1.82. The van der Waals surface area contributed by atoms with Crippen LogP contribution in [-0.4, -0.2) is 81.7 Å². The van der Waals surface area contributed by atoms with Crippen LogP contribution in [0.2, 0.25) is 0 Å². The van der Waals surface area contributed by atoms with Gasteiger partial charge in [-0.1, -0.05) is 6.08 Å². The van der Waals surface area contributed by atoms with Crippen molar-refractivity contribution in [2.24, 2.45) is 4.99 Å². The number of guanidine groups is 1. The van der Waals surface area contributed by atoms with E-state index in [2.05, 4.69) is 46.2 Å². The number of hydrogen-bond acceptors (Lipinski definition) is 5. The van der Waals surface area contributed by atoms with Gasteiger partial charge in [0.2, 0.25) is 5.91 Å². The van der Waals surface area contributed by atoms with Crippen LogP contribution in [0, 0.1) is 6.92 Å². The molecule has 0 spiro atoms. The fourth-order valence-electron chi connectivity index (χ4n) is 2.76. The van der Waals surface area contributed by atoms with E-state index in [4.69, 9.17) is 4.74 Å². The summed E-state index contributed by atoms with van der Waals surface area (Å²) in [5, 5.41) is 6.59. The molecule has 2 N–H and O–H groups in total. The summed E-state index contributed by atoms with van der Waals surface area (Å²) in [5.41, 5.74) is 0. The molecule has 1 atom stereocenters. The second-order valence-electron chi connectivity index (χ2n) is 6.62. The molecule has 158 valence electrons. The number of ether oxygens (including phenoxy) is 1. The first kappa shape index (κ1) is 24.9. The molecule has 1 fully saturated rings. The topological polar surface area (TPSA) is 69.2 Å². The van der Waals surface area contributed by atoms with Gasteiger partial charge in [0.25, 0.3) is 0 Å². The molecular weight excluding hydrogens is 489 g/mol. The van der Waals surface area contributed by atoms with Gasteiger partial charge < -0.3 is 20.3 Å². The zero-order chi connectivity index (χ0) is 19.6. The number of rotatable bonds is 8. The summed E-state index contributed by atoms with van der Waals surface area (Å²) in [6, 6.07) is 4.60. The van der Waals surface area contributed by atoms with Gasteiger partial charge in [-0.05, 0) is 19.1 Å². The molecule has 7 nitrogen and oxygen atoms in total. The van der Waals surface area contributed by atoms with E-state index in [9.17, 15) is 4.79 Å². The number of morpholine rings is 1. The minimum absolute atomic E-state index is 0. The predicted molar refractivity (Wildman–Crippen MR) is 127 cm³/mol. The number of nitrogens with one attached hydrogen (secondary N) is 2. The molecular formula is C19H32IN5O2S. The Morgan fingerprint density at radius 1 is 1.39 bits per heavy atom. The third-order valence-electron chi connectivity index (χ3n) is 4.32. The second-order valence-corrected chi connectivity index (χ2v) is 7.94. The van der Waals surface area contributed by atoms with Crippen molar-refractivity contribution in [3.63, 3.8) is 0 Å². The number of amides is 1. The van der Waals surface area contributed by atoms with E-state index in [0.29, 0.717) is 19.0 Å². The highest BCUT2D eigenvalue weighted by molar-refractivity contribution is 14.0. The van der Waals surface area contributed by atoms with Crippen LogP contribution in [-0.2, 0) is 9.53 Å². The van der Waals surface area contributed by atoms with Crippen molar-refractivity contribution in [3.05, 3.63) is 34.5 Å². The number of nitrogens with zero attached hydrogens (tertiary/aromatic N) is 3. The average Bonchev–Trinajstić information content (AvgIpc) is 3.10. The first-order valence-corrected chi connectivity index (χ1v) is 10.0. The van der Waals surface area contributed by atoms with Crippen LogP contribution < -0.4 is 10.6 Å². The minimum atomic E-state index is -0.0340. The molecule has 2 heterocycles. The lowest BCUT2D eigenvalue weighted by molar-refractivity contribution is -0.127. The van der Waals surface area contributed by atoms with Crippen LogP contribution in [0.5, 0.6) is 0 Å². The maximum absolute atomic E-state index is 11.9. The van der Waals surface area contributed by atoms with Crippen molar-refractivity contribution in [3.8, 4) is 0 Å². The van der Waals surface area contributed by atoms with E-state index in [1.165, 1.54) is 9.75 Å². The quantitative estimate of drug-likeness (QED) is 0.237. The van der Waals surface area contributed by atoms with Crippen LogP contribution in [0.4, 0.5) is 0 Å². The van der Waals surface area contributed by atoms with Crippen molar-refractivity contribution in [2.75, 3.05) is 60.0 Å². The van der Waals surface area contributed by atoms with Crippen LogP contribution >= 0.6 is 35.3 Å². The summed E-state index contributed by atoms with van der Waals surface area (Å²) in [5.74, 6) is 0.588. The normalized spacial score (nSPS) is 16.0. The molecule has 1 amide bonds. The molecule has 1 aliphatic heterocycles. The third kappa shape index (κ3) is 8.06. The van der Waals surface area contributed by atoms with E-state index >= 15 is 0 Å². The van der Waals surface area contributed by atoms with Gasteiger partial charge in [-0.3, -0.25) is 9.69 Å². The summed E-state index contributed by atoms with van der Waals surface area (Å²) in [6.07, 6.45) is 1.77. The summed E-state index contributed by atoms with van der Waals surface area (Å²) < 4.78 is 5.51. The molecule has 1 aromatic heterocycles. The smallest absolute Gasteiger partial charge is 0.243 e. The van der Waals surface area contributed by atoms with Gasteiger partial charge in [-0.25, -0.2) is 4.99 Å². The lowest BCUT2D eigenvalue weighted by Crippen LogP contribution is -2.46. The molecule has 0 saturated carbocycles. The maximum atomic E-state index is 11.9. The van der Waals surface area contributed by atoms with Gasteiger partial charge >= 0.3 is 0 Å². The zero-order valence-electron chi connectivity index (χ0n) is 16.9. The predicted octanol–water partition coefficient (Wildman–Crippen LogP) is 1.86. The van der Waals surface area contributed by atoms with Gasteiger partial charge in [0.15, 0.2) is 5.96 Å². The van der Waals surface area contributed by atoms with Gasteiger partial charge in [-0.2, -0.15) is 0 Å². The molecule has 1 saturated heterocycles. The fraction of sp³-hybridized carbons (Fsp3) is 0.579. The maximum Gasteiger partial charge on any atom is 0.243 e. The van der Waals surface area contributed by atoms with Crippen molar-refractivity contribution < 1.29 is 9.53 Å². The lowest BCUT2D eigenvalue weighted by atomic mass is 10.2. The highest BCUT2D eigenvalue weighted by Crippen LogP contribution is 2.27.